The van der Waals surface area contributed by atoms with Crippen LogP contribution in [-0.2, 0) is 6.54 Å². The molecule has 21 heavy (non-hydrogen) atoms. The van der Waals surface area contributed by atoms with Crippen molar-refractivity contribution in [1.29, 1.82) is 0 Å². The summed E-state index contributed by atoms with van der Waals surface area (Å²) in [4.78, 5) is 5.81. The van der Waals surface area contributed by atoms with Crippen molar-refractivity contribution in [2.75, 3.05) is 0 Å². The summed E-state index contributed by atoms with van der Waals surface area (Å²) < 4.78 is 3.17. The van der Waals surface area contributed by atoms with Gasteiger partial charge >= 0.3 is 0 Å². The van der Waals surface area contributed by atoms with Gasteiger partial charge in [-0.25, -0.2) is 4.98 Å². The van der Waals surface area contributed by atoms with Crippen molar-refractivity contribution in [2.24, 2.45) is 0 Å². The molecule has 0 bridgehead atoms. The lowest BCUT2D eigenvalue weighted by molar-refractivity contribution is 0.750. The predicted molar refractivity (Wildman–Crippen MR) is 95.1 cm³/mol. The topological polar surface area (TPSA) is 17.8 Å². The van der Waals surface area contributed by atoms with Crippen LogP contribution in [0.2, 0.25) is 10.0 Å². The number of fused-ring (bicyclic) bond motifs is 1. The lowest BCUT2D eigenvalue weighted by atomic mass is 10.3. The van der Waals surface area contributed by atoms with E-state index >= 15 is 0 Å². The number of thiophene rings is 1. The average Bonchev–Trinajstić information content (AvgIpc) is 2.96. The van der Waals surface area contributed by atoms with Gasteiger partial charge in [0.1, 0.15) is 5.82 Å². The molecule has 0 saturated carbocycles. The first kappa shape index (κ1) is 15.6. The van der Waals surface area contributed by atoms with Crippen LogP contribution in [0.4, 0.5) is 0 Å². The van der Waals surface area contributed by atoms with Crippen LogP contribution in [-0.4, -0.2) is 9.55 Å². The largest absolute Gasteiger partial charge is 0.321 e. The third-order valence-electron chi connectivity index (χ3n) is 3.11. The van der Waals surface area contributed by atoms with Gasteiger partial charge in [0, 0.05) is 14.7 Å². The second kappa shape index (κ2) is 6.09. The molecule has 0 fully saturated rings. The van der Waals surface area contributed by atoms with Crippen LogP contribution >= 0.6 is 62.1 Å². The van der Waals surface area contributed by atoms with Crippen molar-refractivity contribution in [1.82, 2.24) is 9.55 Å². The number of benzene rings is 1. The molecule has 2 heterocycles. The number of alkyl halides is 1. The number of rotatable bonds is 3. The van der Waals surface area contributed by atoms with E-state index in [9.17, 15) is 0 Å². The van der Waals surface area contributed by atoms with E-state index in [1.54, 1.807) is 17.4 Å². The fourth-order valence-corrected chi connectivity index (χ4v) is 4.12. The van der Waals surface area contributed by atoms with Crippen molar-refractivity contribution in [3.63, 3.8) is 0 Å². The van der Waals surface area contributed by atoms with Gasteiger partial charge in [0.05, 0.1) is 33.0 Å². The van der Waals surface area contributed by atoms with E-state index in [-0.39, 0.29) is 5.38 Å². The average molecular weight is 425 g/mol. The molecule has 0 saturated heterocycles. The molecule has 0 aliphatic rings. The van der Waals surface area contributed by atoms with Crippen LogP contribution in [0, 0.1) is 0 Å². The summed E-state index contributed by atoms with van der Waals surface area (Å²) >= 11 is 23.7. The molecule has 2 aromatic heterocycles. The molecular formula is C14H10BrCl3N2S. The molecule has 0 spiro atoms. The third kappa shape index (κ3) is 3.10. The maximum Gasteiger partial charge on any atom is 0.128 e. The zero-order chi connectivity index (χ0) is 15.1. The van der Waals surface area contributed by atoms with Gasteiger partial charge in [0.15, 0.2) is 0 Å². The van der Waals surface area contributed by atoms with E-state index in [4.69, 9.17) is 34.8 Å². The Morgan fingerprint density at radius 2 is 2.00 bits per heavy atom. The summed E-state index contributed by atoms with van der Waals surface area (Å²) in [6, 6.07) is 5.72. The third-order valence-corrected chi connectivity index (χ3v) is 5.71. The van der Waals surface area contributed by atoms with E-state index in [2.05, 4.69) is 36.9 Å². The minimum atomic E-state index is -0.196. The predicted octanol–water partition coefficient (Wildman–Crippen LogP) is 6.52. The van der Waals surface area contributed by atoms with Crippen molar-refractivity contribution in [2.45, 2.75) is 18.8 Å². The molecule has 7 heteroatoms. The molecule has 1 atom stereocenters. The first-order valence-electron chi connectivity index (χ1n) is 6.18. The van der Waals surface area contributed by atoms with Gasteiger partial charge in [-0.05, 0) is 41.1 Å². The van der Waals surface area contributed by atoms with Crippen molar-refractivity contribution < 1.29 is 0 Å². The molecule has 0 aliphatic carbocycles. The second-order valence-corrected chi connectivity index (χ2v) is 8.04. The minimum absolute atomic E-state index is 0.196. The summed E-state index contributed by atoms with van der Waals surface area (Å²) in [5.41, 5.74) is 1.75. The zero-order valence-corrected chi connectivity index (χ0v) is 15.6. The van der Waals surface area contributed by atoms with E-state index in [0.717, 1.165) is 21.3 Å². The fraction of sp³-hybridized carbons (Fsp3) is 0.214. The Morgan fingerprint density at radius 1 is 1.29 bits per heavy atom. The first-order chi connectivity index (χ1) is 9.95. The molecule has 0 amide bonds. The van der Waals surface area contributed by atoms with Crippen molar-refractivity contribution >= 4 is 73.1 Å². The van der Waals surface area contributed by atoms with E-state index in [1.165, 1.54) is 4.88 Å². The number of nitrogens with zero attached hydrogens (tertiary/aromatic N) is 2. The standard InChI is InChI=1S/C14H10BrCl3N2S/c1-7(16)14-19-12-3-10(17)11(18)4-13(12)20(14)5-9-2-8(15)6-21-9/h2-4,6-7H,5H2,1H3. The van der Waals surface area contributed by atoms with Gasteiger partial charge < -0.3 is 4.57 Å². The summed E-state index contributed by atoms with van der Waals surface area (Å²) in [7, 11) is 0. The number of aromatic nitrogens is 2. The first-order valence-corrected chi connectivity index (χ1v) is 9.04. The van der Waals surface area contributed by atoms with Gasteiger partial charge in [0.25, 0.3) is 0 Å². The Hall–Kier alpha value is -0.260. The number of halogens is 4. The highest BCUT2D eigenvalue weighted by Crippen LogP contribution is 2.32. The molecular weight excluding hydrogens is 414 g/mol. The molecule has 3 rings (SSSR count). The molecule has 0 N–H and O–H groups in total. The van der Waals surface area contributed by atoms with Crippen LogP contribution in [0.15, 0.2) is 28.1 Å². The highest BCUT2D eigenvalue weighted by Gasteiger charge is 2.17. The Morgan fingerprint density at radius 3 is 2.62 bits per heavy atom. The maximum absolute atomic E-state index is 6.28. The SMILES string of the molecule is CC(Cl)c1nc2cc(Cl)c(Cl)cc2n1Cc1cc(Br)cs1. The fourth-order valence-electron chi connectivity index (χ4n) is 2.20. The monoisotopic (exact) mass is 422 g/mol. The van der Waals surface area contributed by atoms with E-state index in [0.29, 0.717) is 16.6 Å². The number of hydrogen-bond acceptors (Lipinski definition) is 2. The Balaban J connectivity index is 2.17. The summed E-state index contributed by atoms with van der Waals surface area (Å²) in [5.74, 6) is 0.814. The highest BCUT2D eigenvalue weighted by molar-refractivity contribution is 9.10. The smallest absolute Gasteiger partial charge is 0.128 e. The molecule has 110 valence electrons. The van der Waals surface area contributed by atoms with Gasteiger partial charge in [-0.1, -0.05) is 23.2 Å². The van der Waals surface area contributed by atoms with Gasteiger partial charge in [-0.3, -0.25) is 0 Å². The molecule has 1 unspecified atom stereocenters. The van der Waals surface area contributed by atoms with Crippen molar-refractivity contribution in [3.8, 4) is 0 Å². The highest BCUT2D eigenvalue weighted by atomic mass is 79.9. The second-order valence-electron chi connectivity index (χ2n) is 4.66. The Kier molecular flexibility index (Phi) is 4.53. The van der Waals surface area contributed by atoms with E-state index in [1.807, 2.05) is 13.0 Å². The molecule has 3 aromatic rings. The number of hydrogen-bond donors (Lipinski definition) is 0. The molecule has 1 aromatic carbocycles. The van der Waals surface area contributed by atoms with Gasteiger partial charge in [-0.15, -0.1) is 22.9 Å². The minimum Gasteiger partial charge on any atom is -0.321 e. The maximum atomic E-state index is 6.28. The Labute approximate surface area is 149 Å². The Bertz CT molecular complexity index is 810. The lowest BCUT2D eigenvalue weighted by Crippen LogP contribution is -2.04. The molecule has 0 aliphatic heterocycles. The van der Waals surface area contributed by atoms with Crippen LogP contribution in [0.1, 0.15) is 23.0 Å². The van der Waals surface area contributed by atoms with Crippen LogP contribution in [0.5, 0.6) is 0 Å². The van der Waals surface area contributed by atoms with Crippen LogP contribution in [0.3, 0.4) is 0 Å². The van der Waals surface area contributed by atoms with Gasteiger partial charge in [-0.2, -0.15) is 0 Å². The summed E-state index contributed by atoms with van der Waals surface area (Å²) in [6.45, 7) is 2.62. The number of imidazole rings is 1. The summed E-state index contributed by atoms with van der Waals surface area (Å²) in [6.07, 6.45) is 0. The molecule has 0 radical (unpaired) electrons. The van der Waals surface area contributed by atoms with Crippen molar-refractivity contribution in [3.05, 3.63) is 48.8 Å². The quantitative estimate of drug-likeness (QED) is 0.438. The summed E-state index contributed by atoms with van der Waals surface area (Å²) in [5, 5.41) is 2.88. The van der Waals surface area contributed by atoms with Crippen LogP contribution < -0.4 is 0 Å². The normalized spacial score (nSPS) is 13.0. The molecule has 2 nitrogen and oxygen atoms in total. The zero-order valence-electron chi connectivity index (χ0n) is 10.9. The van der Waals surface area contributed by atoms with Crippen LogP contribution in [0.25, 0.3) is 11.0 Å². The van der Waals surface area contributed by atoms with E-state index < -0.39 is 0 Å². The van der Waals surface area contributed by atoms with Gasteiger partial charge in [0.2, 0.25) is 0 Å². The lowest BCUT2D eigenvalue weighted by Gasteiger charge is -2.09.